The molecule has 0 atom stereocenters. The van der Waals surface area contributed by atoms with Gasteiger partial charge in [-0.05, 0) is 12.1 Å². The first kappa shape index (κ1) is 11.1. The van der Waals surface area contributed by atoms with Crippen molar-refractivity contribution < 1.29 is 9.21 Å². The Bertz CT molecular complexity index is 495. The van der Waals surface area contributed by atoms with Gasteiger partial charge in [0.2, 0.25) is 11.8 Å². The van der Waals surface area contributed by atoms with Crippen molar-refractivity contribution in [1.29, 1.82) is 0 Å². The van der Waals surface area contributed by atoms with E-state index >= 15 is 0 Å². The smallest absolute Gasteiger partial charge is 0.322 e. The summed E-state index contributed by atoms with van der Waals surface area (Å²) < 4.78 is 5.02. The topological polar surface area (TPSA) is 80.0 Å². The largest absolute Gasteiger partial charge is 0.408 e. The Labute approximate surface area is 98.0 Å². The van der Waals surface area contributed by atoms with E-state index in [0.717, 1.165) is 5.69 Å². The van der Waals surface area contributed by atoms with Crippen LogP contribution in [0.1, 0.15) is 5.89 Å². The molecule has 2 rings (SSSR count). The molecule has 2 N–H and O–H groups in total. The highest BCUT2D eigenvalue weighted by Crippen LogP contribution is 2.05. The number of benzene rings is 1. The zero-order valence-corrected chi connectivity index (χ0v) is 9.30. The van der Waals surface area contributed by atoms with E-state index < -0.39 is 0 Å². The molecule has 17 heavy (non-hydrogen) atoms. The quantitative estimate of drug-likeness (QED) is 0.833. The van der Waals surface area contributed by atoms with Crippen LogP contribution < -0.4 is 10.6 Å². The molecule has 1 heterocycles. The molecule has 0 radical (unpaired) electrons. The number of hydrogen-bond donors (Lipinski definition) is 2. The van der Waals surface area contributed by atoms with Crippen molar-refractivity contribution in [2.24, 2.45) is 0 Å². The lowest BCUT2D eigenvalue weighted by atomic mass is 10.3. The lowest BCUT2D eigenvalue weighted by molar-refractivity contribution is -0.114. The van der Waals surface area contributed by atoms with E-state index in [9.17, 15) is 4.79 Å². The summed E-state index contributed by atoms with van der Waals surface area (Å²) in [7, 11) is 0. The maximum absolute atomic E-state index is 11.5. The van der Waals surface area contributed by atoms with Gasteiger partial charge in [-0.1, -0.05) is 23.3 Å². The van der Waals surface area contributed by atoms with Gasteiger partial charge >= 0.3 is 6.01 Å². The van der Waals surface area contributed by atoms with Gasteiger partial charge < -0.3 is 9.73 Å². The van der Waals surface area contributed by atoms with Crippen LogP contribution in [0.25, 0.3) is 0 Å². The number of nitrogens with zero attached hydrogens (tertiary/aromatic N) is 2. The van der Waals surface area contributed by atoms with E-state index in [0.29, 0.717) is 5.89 Å². The summed E-state index contributed by atoms with van der Waals surface area (Å²) in [5.41, 5.74) is 0.879. The number of carbonyl (C=O) groups excluding carboxylic acids is 1. The molecule has 0 aliphatic heterocycles. The number of amides is 1. The van der Waals surface area contributed by atoms with Crippen molar-refractivity contribution in [3.8, 4) is 0 Å². The second-order valence-electron chi connectivity index (χ2n) is 3.39. The van der Waals surface area contributed by atoms with Crippen molar-refractivity contribution in [3.05, 3.63) is 36.2 Å². The van der Waals surface area contributed by atoms with Crippen LogP contribution >= 0.6 is 0 Å². The van der Waals surface area contributed by atoms with E-state index in [-0.39, 0.29) is 18.5 Å². The molecular formula is C11H12N4O2. The maximum atomic E-state index is 11.5. The lowest BCUT2D eigenvalue weighted by Crippen LogP contribution is -2.21. The second kappa shape index (κ2) is 5.11. The number of rotatable bonds is 4. The number of para-hydroxylation sites is 1. The fourth-order valence-electron chi connectivity index (χ4n) is 1.25. The fraction of sp³-hybridized carbons (Fsp3) is 0.182. The van der Waals surface area contributed by atoms with Gasteiger partial charge in [0, 0.05) is 12.6 Å². The third-order valence-corrected chi connectivity index (χ3v) is 2.00. The van der Waals surface area contributed by atoms with Crippen molar-refractivity contribution in [3.63, 3.8) is 0 Å². The zero-order valence-electron chi connectivity index (χ0n) is 9.30. The molecule has 0 aliphatic carbocycles. The maximum Gasteiger partial charge on any atom is 0.322 e. The number of nitrogens with one attached hydrogen (secondary N) is 2. The molecular weight excluding hydrogens is 220 g/mol. The van der Waals surface area contributed by atoms with Gasteiger partial charge in [0.25, 0.3) is 0 Å². The van der Waals surface area contributed by atoms with Gasteiger partial charge in [-0.2, -0.15) is 0 Å². The Morgan fingerprint density at radius 2 is 2.06 bits per heavy atom. The van der Waals surface area contributed by atoms with Gasteiger partial charge in [-0.15, -0.1) is 5.10 Å². The summed E-state index contributed by atoms with van der Waals surface area (Å²) in [6.45, 7) is 1.80. The van der Waals surface area contributed by atoms with E-state index in [1.54, 1.807) is 6.92 Å². The van der Waals surface area contributed by atoms with Gasteiger partial charge in [0.15, 0.2) is 0 Å². The van der Waals surface area contributed by atoms with Crippen molar-refractivity contribution >= 4 is 17.6 Å². The molecule has 88 valence electrons. The predicted molar refractivity (Wildman–Crippen MR) is 62.6 cm³/mol. The highest BCUT2D eigenvalue weighted by Gasteiger charge is 2.06. The van der Waals surface area contributed by atoms with E-state index in [1.807, 2.05) is 30.3 Å². The zero-order chi connectivity index (χ0) is 12.1. The standard InChI is InChI=1S/C11H12N4O2/c1-8-14-15-11(17-8)13-10(16)7-12-9-5-3-2-4-6-9/h2-6,12H,7H2,1H3,(H,13,15,16). The first-order valence-electron chi connectivity index (χ1n) is 5.13. The highest BCUT2D eigenvalue weighted by atomic mass is 16.4. The molecule has 1 amide bonds. The average Bonchev–Trinajstić information content (AvgIpc) is 2.73. The molecule has 0 aliphatic rings. The molecule has 6 nitrogen and oxygen atoms in total. The third kappa shape index (κ3) is 3.30. The molecule has 0 saturated heterocycles. The first-order chi connectivity index (χ1) is 8.24. The Morgan fingerprint density at radius 1 is 1.29 bits per heavy atom. The summed E-state index contributed by atoms with van der Waals surface area (Å²) in [6, 6.07) is 9.56. The molecule has 0 fully saturated rings. The molecule has 1 aromatic heterocycles. The fourth-order valence-corrected chi connectivity index (χ4v) is 1.25. The SMILES string of the molecule is Cc1nnc(NC(=O)CNc2ccccc2)o1. The molecule has 0 unspecified atom stereocenters. The molecule has 0 bridgehead atoms. The first-order valence-corrected chi connectivity index (χ1v) is 5.13. The summed E-state index contributed by atoms with van der Waals surface area (Å²) in [4.78, 5) is 11.5. The van der Waals surface area contributed by atoms with Gasteiger partial charge in [0.05, 0.1) is 6.54 Å². The predicted octanol–water partition coefficient (Wildman–Crippen LogP) is 1.43. The Balaban J connectivity index is 1.82. The van der Waals surface area contributed by atoms with Crippen LogP contribution in [0, 0.1) is 6.92 Å². The minimum Gasteiger partial charge on any atom is -0.408 e. The Morgan fingerprint density at radius 3 is 2.71 bits per heavy atom. The third-order valence-electron chi connectivity index (χ3n) is 2.00. The Hall–Kier alpha value is -2.37. The van der Waals surface area contributed by atoms with Crippen LogP contribution in [-0.4, -0.2) is 22.6 Å². The van der Waals surface area contributed by atoms with Crippen LogP contribution in [-0.2, 0) is 4.79 Å². The summed E-state index contributed by atoms with van der Waals surface area (Å²) in [5.74, 6) is 0.175. The minimum atomic E-state index is -0.238. The number of aromatic nitrogens is 2. The Kier molecular flexibility index (Phi) is 3.34. The van der Waals surface area contributed by atoms with Crippen molar-refractivity contribution in [1.82, 2.24) is 10.2 Å². The van der Waals surface area contributed by atoms with Crippen LogP contribution in [0.4, 0.5) is 11.7 Å². The van der Waals surface area contributed by atoms with Gasteiger partial charge in [-0.3, -0.25) is 10.1 Å². The van der Waals surface area contributed by atoms with Crippen LogP contribution in [0.5, 0.6) is 0 Å². The van der Waals surface area contributed by atoms with E-state index in [4.69, 9.17) is 4.42 Å². The molecule has 0 spiro atoms. The highest BCUT2D eigenvalue weighted by molar-refractivity contribution is 5.91. The summed E-state index contributed by atoms with van der Waals surface area (Å²) >= 11 is 0. The number of carbonyl (C=O) groups is 1. The lowest BCUT2D eigenvalue weighted by Gasteiger charge is -2.04. The molecule has 0 saturated carbocycles. The van der Waals surface area contributed by atoms with Gasteiger partial charge in [0.1, 0.15) is 0 Å². The summed E-state index contributed by atoms with van der Waals surface area (Å²) in [5, 5.41) is 12.7. The van der Waals surface area contributed by atoms with E-state index in [1.165, 1.54) is 0 Å². The van der Waals surface area contributed by atoms with Crippen LogP contribution in [0.2, 0.25) is 0 Å². The van der Waals surface area contributed by atoms with Crippen molar-refractivity contribution in [2.45, 2.75) is 6.92 Å². The number of aryl methyl sites for hydroxylation is 1. The second-order valence-corrected chi connectivity index (χ2v) is 3.39. The normalized spacial score (nSPS) is 9.94. The number of hydrogen-bond acceptors (Lipinski definition) is 5. The van der Waals surface area contributed by atoms with E-state index in [2.05, 4.69) is 20.8 Å². The molecule has 1 aromatic carbocycles. The minimum absolute atomic E-state index is 0.113. The van der Waals surface area contributed by atoms with Crippen LogP contribution in [0.3, 0.4) is 0 Å². The number of anilines is 2. The molecule has 6 heteroatoms. The average molecular weight is 232 g/mol. The van der Waals surface area contributed by atoms with Crippen LogP contribution in [0.15, 0.2) is 34.7 Å². The molecule has 2 aromatic rings. The summed E-state index contributed by atoms with van der Waals surface area (Å²) in [6.07, 6.45) is 0. The van der Waals surface area contributed by atoms with Gasteiger partial charge in [-0.25, -0.2) is 0 Å². The monoisotopic (exact) mass is 232 g/mol. The van der Waals surface area contributed by atoms with Crippen molar-refractivity contribution in [2.75, 3.05) is 17.2 Å².